The van der Waals surface area contributed by atoms with Gasteiger partial charge in [-0.3, -0.25) is 4.79 Å². The lowest BCUT2D eigenvalue weighted by Gasteiger charge is -2.11. The Morgan fingerprint density at radius 3 is 2.69 bits per heavy atom. The van der Waals surface area contributed by atoms with Crippen molar-refractivity contribution in [2.45, 2.75) is 33.3 Å². The van der Waals surface area contributed by atoms with Crippen molar-refractivity contribution in [3.05, 3.63) is 51.1 Å². The molecule has 152 valence electrons. The van der Waals surface area contributed by atoms with Gasteiger partial charge >= 0.3 is 11.6 Å². The van der Waals surface area contributed by atoms with Crippen LogP contribution in [0.15, 0.2) is 27.4 Å². The lowest BCUT2D eigenvalue weighted by Crippen LogP contribution is -2.17. The number of carbonyl (C=O) groups excluding carboxylic acids is 1. The molecule has 3 rings (SSSR count). The number of aromatic nitrogens is 3. The Labute approximate surface area is 167 Å². The summed E-state index contributed by atoms with van der Waals surface area (Å²) in [5.41, 5.74) is 8.05. The quantitative estimate of drug-likeness (QED) is 0.490. The summed E-state index contributed by atoms with van der Waals surface area (Å²) in [5, 5.41) is 0.857. The van der Waals surface area contributed by atoms with Crippen LogP contribution in [-0.4, -0.2) is 35.0 Å². The van der Waals surface area contributed by atoms with Crippen LogP contribution < -0.4 is 16.3 Å². The number of nitrogen functional groups attached to an aromatic ring is 1. The van der Waals surface area contributed by atoms with Crippen molar-refractivity contribution < 1.29 is 13.9 Å². The van der Waals surface area contributed by atoms with Crippen LogP contribution in [0, 0.1) is 13.8 Å². The largest absolute Gasteiger partial charge is 0.457 e. The molecule has 0 aliphatic rings. The topological polar surface area (TPSA) is 124 Å². The molecule has 1 aromatic carbocycles. The molecule has 0 atom stereocenters. The molecule has 0 bridgehead atoms. The molecule has 9 nitrogen and oxygen atoms in total. The maximum atomic E-state index is 12.3. The molecule has 0 unspecified atom stereocenters. The van der Waals surface area contributed by atoms with Crippen LogP contribution in [0.4, 0.5) is 11.9 Å². The van der Waals surface area contributed by atoms with Crippen molar-refractivity contribution in [1.29, 1.82) is 0 Å². The number of anilines is 2. The van der Waals surface area contributed by atoms with E-state index in [-0.39, 0.29) is 31.2 Å². The van der Waals surface area contributed by atoms with Crippen LogP contribution in [-0.2, 0) is 22.6 Å². The summed E-state index contributed by atoms with van der Waals surface area (Å²) >= 11 is 0. The molecule has 2 heterocycles. The third-order valence-electron chi connectivity index (χ3n) is 4.47. The minimum atomic E-state index is -0.474. The first kappa shape index (κ1) is 20.2. The molecule has 0 radical (unpaired) electrons. The number of nitrogens with two attached hydrogens (primary N) is 1. The summed E-state index contributed by atoms with van der Waals surface area (Å²) in [6, 6.07) is 5.69. The van der Waals surface area contributed by atoms with Gasteiger partial charge in [0.1, 0.15) is 5.58 Å². The summed E-state index contributed by atoms with van der Waals surface area (Å²) < 4.78 is 10.6. The highest BCUT2D eigenvalue weighted by molar-refractivity contribution is 5.81. The molecular weight excluding hydrogens is 374 g/mol. The van der Waals surface area contributed by atoms with Crippen LogP contribution in [0.25, 0.3) is 11.0 Å². The van der Waals surface area contributed by atoms with Crippen LogP contribution in [0.5, 0.6) is 0 Å². The van der Waals surface area contributed by atoms with Gasteiger partial charge in [-0.15, -0.1) is 0 Å². The van der Waals surface area contributed by atoms with Gasteiger partial charge in [-0.1, -0.05) is 12.1 Å². The number of rotatable bonds is 6. The Morgan fingerprint density at radius 1 is 1.21 bits per heavy atom. The SMILES string of the molecule is Cc1ccc2c(C)c(CCC(=O)OCc3nc(N)nc(N(C)C)n3)c(=O)oc2c1. The molecule has 0 aliphatic carbocycles. The van der Waals surface area contributed by atoms with E-state index < -0.39 is 11.6 Å². The van der Waals surface area contributed by atoms with E-state index in [1.165, 1.54) is 0 Å². The molecule has 3 aromatic rings. The standard InChI is InChI=1S/C20H23N5O4/c1-11-5-6-13-12(2)14(18(27)29-15(13)9-11)7-8-17(26)28-10-16-22-19(21)24-20(23-16)25(3)4/h5-6,9H,7-8,10H2,1-4H3,(H2,21,22,23,24). The zero-order valence-corrected chi connectivity index (χ0v) is 16.9. The van der Waals surface area contributed by atoms with E-state index in [0.29, 0.717) is 17.1 Å². The summed E-state index contributed by atoms with van der Waals surface area (Å²) in [7, 11) is 3.53. The second kappa shape index (κ2) is 8.26. The first-order valence-electron chi connectivity index (χ1n) is 9.11. The van der Waals surface area contributed by atoms with Crippen LogP contribution in [0.2, 0.25) is 0 Å². The number of benzene rings is 1. The molecule has 0 spiro atoms. The highest BCUT2D eigenvalue weighted by atomic mass is 16.5. The van der Waals surface area contributed by atoms with Crippen LogP contribution >= 0.6 is 0 Å². The molecule has 0 saturated heterocycles. The van der Waals surface area contributed by atoms with E-state index >= 15 is 0 Å². The van der Waals surface area contributed by atoms with Crippen molar-refractivity contribution >= 4 is 28.8 Å². The molecule has 2 aromatic heterocycles. The van der Waals surface area contributed by atoms with Crippen molar-refractivity contribution in [3.63, 3.8) is 0 Å². The Balaban J connectivity index is 1.67. The van der Waals surface area contributed by atoms with Gasteiger partial charge in [-0.05, 0) is 37.5 Å². The van der Waals surface area contributed by atoms with Gasteiger partial charge < -0.3 is 19.8 Å². The Bertz CT molecular complexity index is 1120. The predicted octanol–water partition coefficient (Wildman–Crippen LogP) is 1.92. The average molecular weight is 397 g/mol. The molecule has 9 heteroatoms. The molecule has 0 saturated carbocycles. The van der Waals surface area contributed by atoms with Gasteiger partial charge in [0, 0.05) is 31.5 Å². The van der Waals surface area contributed by atoms with Gasteiger partial charge in [0.15, 0.2) is 12.4 Å². The number of carbonyl (C=O) groups is 1. The number of hydrogen-bond acceptors (Lipinski definition) is 9. The number of fused-ring (bicyclic) bond motifs is 1. The number of nitrogens with zero attached hydrogens (tertiary/aromatic N) is 4. The van der Waals surface area contributed by atoms with E-state index in [2.05, 4.69) is 15.0 Å². The minimum absolute atomic E-state index is 0.0318. The second-order valence-electron chi connectivity index (χ2n) is 6.96. The fraction of sp³-hybridized carbons (Fsp3) is 0.350. The van der Waals surface area contributed by atoms with Crippen molar-refractivity contribution in [1.82, 2.24) is 15.0 Å². The van der Waals surface area contributed by atoms with Gasteiger partial charge in [0.05, 0.1) is 0 Å². The minimum Gasteiger partial charge on any atom is -0.457 e. The van der Waals surface area contributed by atoms with Crippen molar-refractivity contribution in [2.75, 3.05) is 24.7 Å². The number of esters is 1. The van der Waals surface area contributed by atoms with E-state index in [1.807, 2.05) is 32.0 Å². The van der Waals surface area contributed by atoms with E-state index in [4.69, 9.17) is 14.9 Å². The van der Waals surface area contributed by atoms with Gasteiger partial charge in [-0.25, -0.2) is 4.79 Å². The molecule has 0 amide bonds. The van der Waals surface area contributed by atoms with Crippen molar-refractivity contribution in [3.8, 4) is 0 Å². The monoisotopic (exact) mass is 397 g/mol. The van der Waals surface area contributed by atoms with E-state index in [1.54, 1.807) is 19.0 Å². The van der Waals surface area contributed by atoms with Crippen molar-refractivity contribution in [2.24, 2.45) is 0 Å². The highest BCUT2D eigenvalue weighted by Gasteiger charge is 2.15. The molecule has 0 fully saturated rings. The summed E-state index contributed by atoms with van der Waals surface area (Å²) in [6.45, 7) is 3.66. The van der Waals surface area contributed by atoms with Crippen LogP contribution in [0.1, 0.15) is 28.9 Å². The number of hydrogen-bond donors (Lipinski definition) is 1. The lowest BCUT2D eigenvalue weighted by atomic mass is 10.0. The molecule has 0 aliphatic heterocycles. The summed E-state index contributed by atoms with van der Waals surface area (Å²) in [4.78, 5) is 38.3. The third-order valence-corrected chi connectivity index (χ3v) is 4.47. The Hall–Kier alpha value is -3.49. The Kier molecular flexibility index (Phi) is 5.76. The summed E-state index contributed by atoms with van der Waals surface area (Å²) in [5.74, 6) is 0.210. The first-order valence-corrected chi connectivity index (χ1v) is 9.11. The zero-order valence-electron chi connectivity index (χ0n) is 16.9. The number of aryl methyl sites for hydroxylation is 2. The lowest BCUT2D eigenvalue weighted by molar-refractivity contribution is -0.145. The zero-order chi connectivity index (χ0) is 21.1. The Morgan fingerprint density at radius 2 is 1.97 bits per heavy atom. The van der Waals surface area contributed by atoms with Gasteiger partial charge in [0.2, 0.25) is 11.9 Å². The van der Waals surface area contributed by atoms with Gasteiger partial charge in [0.25, 0.3) is 0 Å². The average Bonchev–Trinajstić information content (AvgIpc) is 2.65. The third kappa shape index (κ3) is 4.68. The first-order chi connectivity index (χ1) is 13.7. The molecular formula is C20H23N5O4. The summed E-state index contributed by atoms with van der Waals surface area (Å²) in [6.07, 6.45) is 0.253. The normalized spacial score (nSPS) is 10.9. The second-order valence-corrected chi connectivity index (χ2v) is 6.96. The predicted molar refractivity (Wildman–Crippen MR) is 109 cm³/mol. The molecule has 2 N–H and O–H groups in total. The molecule has 29 heavy (non-hydrogen) atoms. The van der Waals surface area contributed by atoms with Gasteiger partial charge in [-0.2, -0.15) is 15.0 Å². The van der Waals surface area contributed by atoms with E-state index in [9.17, 15) is 9.59 Å². The highest BCUT2D eigenvalue weighted by Crippen LogP contribution is 2.21. The fourth-order valence-corrected chi connectivity index (χ4v) is 2.92. The number of ether oxygens (including phenoxy) is 1. The maximum absolute atomic E-state index is 12.3. The smallest absolute Gasteiger partial charge is 0.339 e. The van der Waals surface area contributed by atoms with E-state index in [0.717, 1.165) is 16.5 Å². The fourth-order valence-electron chi connectivity index (χ4n) is 2.92. The van der Waals surface area contributed by atoms with Crippen LogP contribution in [0.3, 0.4) is 0 Å². The maximum Gasteiger partial charge on any atom is 0.339 e.